The van der Waals surface area contributed by atoms with Crippen LogP contribution in [0.4, 0.5) is 5.69 Å². The summed E-state index contributed by atoms with van der Waals surface area (Å²) in [6, 6.07) is 12.8. The number of rotatable bonds is 0. The third kappa shape index (κ3) is 2.12. The molecule has 2 aliphatic rings. The number of benzene rings is 2. The predicted octanol–water partition coefficient (Wildman–Crippen LogP) is 4.64. The van der Waals surface area contributed by atoms with E-state index in [-0.39, 0.29) is 11.3 Å². The van der Waals surface area contributed by atoms with Gasteiger partial charge in [-0.15, -0.1) is 0 Å². The Morgan fingerprint density at radius 3 is 2.78 bits per heavy atom. The SMILES string of the molecule is CC(=O)N1CC2(CCCc3ccc(C)cc32)c2ccc(Cl)cc21. The Kier molecular flexibility index (Phi) is 3.28. The van der Waals surface area contributed by atoms with Crippen molar-refractivity contribution in [3.8, 4) is 0 Å². The Labute approximate surface area is 142 Å². The topological polar surface area (TPSA) is 20.3 Å². The highest BCUT2D eigenvalue weighted by Gasteiger charge is 2.47. The fourth-order valence-corrected chi connectivity index (χ4v) is 4.53. The lowest BCUT2D eigenvalue weighted by atomic mass is 9.67. The Morgan fingerprint density at radius 1 is 1.17 bits per heavy atom. The third-order valence-electron chi connectivity index (χ3n) is 5.40. The summed E-state index contributed by atoms with van der Waals surface area (Å²) in [6.45, 7) is 4.52. The smallest absolute Gasteiger partial charge is 0.223 e. The molecule has 4 rings (SSSR count). The average Bonchev–Trinajstić information content (AvgIpc) is 2.83. The molecule has 1 aliphatic carbocycles. The number of hydrogen-bond donors (Lipinski definition) is 0. The van der Waals surface area contributed by atoms with Gasteiger partial charge in [-0.1, -0.05) is 41.4 Å². The van der Waals surface area contributed by atoms with Crippen LogP contribution in [0.25, 0.3) is 0 Å². The first-order chi connectivity index (χ1) is 11.0. The van der Waals surface area contributed by atoms with Crippen LogP contribution in [0.15, 0.2) is 36.4 Å². The summed E-state index contributed by atoms with van der Waals surface area (Å²) in [5.41, 5.74) is 6.26. The van der Waals surface area contributed by atoms with Crippen molar-refractivity contribution in [1.82, 2.24) is 0 Å². The van der Waals surface area contributed by atoms with Crippen molar-refractivity contribution in [3.63, 3.8) is 0 Å². The lowest BCUT2D eigenvalue weighted by Gasteiger charge is -2.37. The van der Waals surface area contributed by atoms with Gasteiger partial charge in [-0.25, -0.2) is 0 Å². The Bertz CT molecular complexity index is 813. The van der Waals surface area contributed by atoms with Gasteiger partial charge in [-0.3, -0.25) is 4.79 Å². The molecule has 3 heteroatoms. The highest BCUT2D eigenvalue weighted by atomic mass is 35.5. The summed E-state index contributed by atoms with van der Waals surface area (Å²) in [5, 5.41) is 0.687. The molecule has 118 valence electrons. The monoisotopic (exact) mass is 325 g/mol. The number of carbonyl (C=O) groups excluding carboxylic acids is 1. The number of carbonyl (C=O) groups is 1. The van der Waals surface area contributed by atoms with Crippen molar-refractivity contribution >= 4 is 23.2 Å². The van der Waals surface area contributed by atoms with Gasteiger partial charge in [0.2, 0.25) is 5.91 Å². The lowest BCUT2D eigenvalue weighted by molar-refractivity contribution is -0.116. The molecule has 1 heterocycles. The van der Waals surface area contributed by atoms with E-state index in [0.29, 0.717) is 5.02 Å². The zero-order valence-electron chi connectivity index (χ0n) is 13.5. The maximum Gasteiger partial charge on any atom is 0.223 e. The van der Waals surface area contributed by atoms with Gasteiger partial charge in [0.1, 0.15) is 0 Å². The zero-order valence-corrected chi connectivity index (χ0v) is 14.3. The minimum atomic E-state index is -0.0782. The molecule has 1 amide bonds. The zero-order chi connectivity index (χ0) is 16.2. The maximum absolute atomic E-state index is 12.2. The van der Waals surface area contributed by atoms with E-state index in [0.717, 1.165) is 31.5 Å². The van der Waals surface area contributed by atoms with E-state index >= 15 is 0 Å². The van der Waals surface area contributed by atoms with Gasteiger partial charge < -0.3 is 4.90 Å². The van der Waals surface area contributed by atoms with Gasteiger partial charge in [0.05, 0.1) is 0 Å². The number of halogens is 1. The number of aryl methyl sites for hydroxylation is 2. The molecule has 0 saturated heterocycles. The van der Waals surface area contributed by atoms with Gasteiger partial charge in [-0.05, 0) is 55.0 Å². The van der Waals surface area contributed by atoms with Crippen molar-refractivity contribution in [1.29, 1.82) is 0 Å². The fraction of sp³-hybridized carbons (Fsp3) is 0.350. The largest absolute Gasteiger partial charge is 0.311 e. The van der Waals surface area contributed by atoms with E-state index in [4.69, 9.17) is 11.6 Å². The van der Waals surface area contributed by atoms with Crippen molar-refractivity contribution in [3.05, 3.63) is 63.7 Å². The minimum absolute atomic E-state index is 0.0782. The van der Waals surface area contributed by atoms with Crippen molar-refractivity contribution in [2.45, 2.75) is 38.5 Å². The molecule has 1 aliphatic heterocycles. The van der Waals surface area contributed by atoms with Gasteiger partial charge in [-0.2, -0.15) is 0 Å². The van der Waals surface area contributed by atoms with Crippen LogP contribution in [0.3, 0.4) is 0 Å². The standard InChI is InChI=1S/C20H20ClNO/c1-13-5-6-15-4-3-9-20(18(15)10-13)12-22(14(2)23)19-11-16(21)7-8-17(19)20/h5-8,10-11H,3-4,9,12H2,1-2H3. The maximum atomic E-state index is 12.2. The second-order valence-corrected chi connectivity index (χ2v) is 7.30. The summed E-state index contributed by atoms with van der Waals surface area (Å²) in [4.78, 5) is 14.1. The Balaban J connectivity index is 1.98. The number of anilines is 1. The molecular weight excluding hydrogens is 306 g/mol. The molecule has 0 radical (unpaired) electrons. The van der Waals surface area contributed by atoms with Gasteiger partial charge >= 0.3 is 0 Å². The van der Waals surface area contributed by atoms with Gasteiger partial charge in [0.25, 0.3) is 0 Å². The number of amides is 1. The second-order valence-electron chi connectivity index (χ2n) is 6.86. The molecule has 0 N–H and O–H groups in total. The summed E-state index contributed by atoms with van der Waals surface area (Å²) in [6.07, 6.45) is 3.37. The first-order valence-electron chi connectivity index (χ1n) is 8.19. The van der Waals surface area contributed by atoms with Gasteiger partial charge in [0.15, 0.2) is 0 Å². The second kappa shape index (κ2) is 5.10. The van der Waals surface area contributed by atoms with E-state index in [1.807, 2.05) is 17.0 Å². The predicted molar refractivity (Wildman–Crippen MR) is 94.4 cm³/mol. The van der Waals surface area contributed by atoms with Crippen molar-refractivity contribution in [2.24, 2.45) is 0 Å². The van der Waals surface area contributed by atoms with Gasteiger partial charge in [0, 0.05) is 29.6 Å². The molecule has 2 aromatic rings. The van der Waals surface area contributed by atoms with Crippen LogP contribution >= 0.6 is 11.6 Å². The molecule has 0 aromatic heterocycles. The van der Waals surface area contributed by atoms with Crippen LogP contribution < -0.4 is 4.90 Å². The number of nitrogens with zero attached hydrogens (tertiary/aromatic N) is 1. The van der Waals surface area contributed by atoms with Crippen molar-refractivity contribution < 1.29 is 4.79 Å². The first kappa shape index (κ1) is 14.8. The molecule has 1 spiro atoms. The van der Waals surface area contributed by atoms with Crippen LogP contribution in [0.2, 0.25) is 5.02 Å². The average molecular weight is 326 g/mol. The highest BCUT2D eigenvalue weighted by Crippen LogP contribution is 2.51. The highest BCUT2D eigenvalue weighted by molar-refractivity contribution is 6.31. The van der Waals surface area contributed by atoms with Crippen LogP contribution in [-0.4, -0.2) is 12.5 Å². The van der Waals surface area contributed by atoms with Crippen molar-refractivity contribution in [2.75, 3.05) is 11.4 Å². The molecule has 1 unspecified atom stereocenters. The molecule has 2 nitrogen and oxygen atoms in total. The minimum Gasteiger partial charge on any atom is -0.311 e. The number of hydrogen-bond acceptors (Lipinski definition) is 1. The molecule has 2 aromatic carbocycles. The summed E-state index contributed by atoms with van der Waals surface area (Å²) >= 11 is 6.21. The molecule has 1 atom stereocenters. The van der Waals surface area contributed by atoms with Crippen LogP contribution in [0.1, 0.15) is 42.0 Å². The van der Waals surface area contributed by atoms with E-state index in [1.54, 1.807) is 6.92 Å². The van der Waals surface area contributed by atoms with Crippen LogP contribution in [-0.2, 0) is 16.6 Å². The first-order valence-corrected chi connectivity index (χ1v) is 8.57. The summed E-state index contributed by atoms with van der Waals surface area (Å²) in [5.74, 6) is 0.0881. The quantitative estimate of drug-likeness (QED) is 0.691. The van der Waals surface area contributed by atoms with E-state index in [1.165, 1.54) is 22.3 Å². The van der Waals surface area contributed by atoms with E-state index in [9.17, 15) is 4.79 Å². The summed E-state index contributed by atoms with van der Waals surface area (Å²) < 4.78 is 0. The lowest BCUT2D eigenvalue weighted by Crippen LogP contribution is -2.39. The molecule has 0 bridgehead atoms. The molecule has 0 fully saturated rings. The Morgan fingerprint density at radius 2 is 2.00 bits per heavy atom. The fourth-order valence-electron chi connectivity index (χ4n) is 4.37. The van der Waals surface area contributed by atoms with E-state index < -0.39 is 0 Å². The molecule has 0 saturated carbocycles. The Hall–Kier alpha value is -1.80. The van der Waals surface area contributed by atoms with Crippen LogP contribution in [0, 0.1) is 6.92 Å². The molecule has 23 heavy (non-hydrogen) atoms. The number of fused-ring (bicyclic) bond motifs is 4. The third-order valence-corrected chi connectivity index (χ3v) is 5.64. The van der Waals surface area contributed by atoms with E-state index in [2.05, 4.69) is 31.2 Å². The van der Waals surface area contributed by atoms with Crippen LogP contribution in [0.5, 0.6) is 0 Å². The normalized spacial score (nSPS) is 22.1. The molecular formula is C20H20ClNO. The summed E-state index contributed by atoms with van der Waals surface area (Å²) in [7, 11) is 0.